The Bertz CT molecular complexity index is 547. The van der Waals surface area contributed by atoms with Gasteiger partial charge >= 0.3 is 0 Å². The number of piperidine rings is 1. The van der Waals surface area contributed by atoms with Gasteiger partial charge in [0.25, 0.3) is 0 Å². The molecule has 0 amide bonds. The average molecular weight is 254 g/mol. The summed E-state index contributed by atoms with van der Waals surface area (Å²) in [5, 5.41) is 3.38. The maximum Gasteiger partial charge on any atom is 0.132 e. The summed E-state index contributed by atoms with van der Waals surface area (Å²) in [7, 11) is 0. The van der Waals surface area contributed by atoms with Gasteiger partial charge in [-0.2, -0.15) is 0 Å². The topological polar surface area (TPSA) is 50.7 Å². The lowest BCUT2D eigenvalue weighted by atomic mass is 9.97. The predicted octanol–water partition coefficient (Wildman–Crippen LogP) is 2.31. The minimum atomic E-state index is 0.488. The molecule has 19 heavy (non-hydrogen) atoms. The van der Waals surface area contributed by atoms with Crippen LogP contribution in [-0.4, -0.2) is 28.0 Å². The van der Waals surface area contributed by atoms with Crippen LogP contribution in [0.1, 0.15) is 30.3 Å². The van der Waals surface area contributed by atoms with E-state index in [1.165, 1.54) is 0 Å². The quantitative estimate of drug-likeness (QED) is 0.893. The third-order valence-corrected chi connectivity index (χ3v) is 3.55. The Hall–Kier alpha value is -1.81. The van der Waals surface area contributed by atoms with E-state index in [1.54, 1.807) is 12.4 Å². The first-order chi connectivity index (χ1) is 9.33. The zero-order valence-corrected chi connectivity index (χ0v) is 11.1. The second-order valence-corrected chi connectivity index (χ2v) is 5.01. The number of aryl methyl sites for hydroxylation is 1. The van der Waals surface area contributed by atoms with Crippen molar-refractivity contribution in [3.63, 3.8) is 0 Å². The molecule has 4 heteroatoms. The molecule has 98 valence electrons. The molecule has 0 radical (unpaired) electrons. The van der Waals surface area contributed by atoms with E-state index < -0.39 is 0 Å². The Balaban J connectivity index is 1.96. The number of nitrogens with zero attached hydrogens (tertiary/aromatic N) is 3. The van der Waals surface area contributed by atoms with Crippen LogP contribution in [-0.2, 0) is 0 Å². The van der Waals surface area contributed by atoms with E-state index in [9.17, 15) is 0 Å². The van der Waals surface area contributed by atoms with E-state index in [0.717, 1.165) is 48.7 Å². The van der Waals surface area contributed by atoms with Gasteiger partial charge < -0.3 is 5.32 Å². The van der Waals surface area contributed by atoms with Gasteiger partial charge in [-0.15, -0.1) is 0 Å². The van der Waals surface area contributed by atoms with Crippen molar-refractivity contribution >= 4 is 0 Å². The van der Waals surface area contributed by atoms with Crippen LogP contribution in [0.3, 0.4) is 0 Å². The molecular formula is C15H18N4. The van der Waals surface area contributed by atoms with Gasteiger partial charge in [0, 0.05) is 29.6 Å². The normalized spacial score (nSPS) is 16.5. The molecule has 0 spiro atoms. The van der Waals surface area contributed by atoms with Crippen LogP contribution in [0.25, 0.3) is 11.3 Å². The molecule has 0 aromatic carbocycles. The molecule has 0 bridgehead atoms. The molecule has 0 unspecified atom stereocenters. The number of pyridine rings is 1. The van der Waals surface area contributed by atoms with Crippen LogP contribution in [0.5, 0.6) is 0 Å². The molecule has 1 saturated heterocycles. The van der Waals surface area contributed by atoms with Crippen LogP contribution in [0, 0.1) is 6.92 Å². The summed E-state index contributed by atoms with van der Waals surface area (Å²) in [5.41, 5.74) is 3.15. The highest BCUT2D eigenvalue weighted by molar-refractivity contribution is 5.58. The second-order valence-electron chi connectivity index (χ2n) is 5.01. The van der Waals surface area contributed by atoms with Crippen LogP contribution in [0.2, 0.25) is 0 Å². The lowest BCUT2D eigenvalue weighted by Crippen LogP contribution is -2.27. The van der Waals surface area contributed by atoms with Crippen molar-refractivity contribution in [2.24, 2.45) is 0 Å². The summed E-state index contributed by atoms with van der Waals surface area (Å²) in [6.07, 6.45) is 5.85. The Kier molecular flexibility index (Phi) is 3.51. The monoisotopic (exact) mass is 254 g/mol. The van der Waals surface area contributed by atoms with Crippen molar-refractivity contribution in [1.82, 2.24) is 20.3 Å². The van der Waals surface area contributed by atoms with E-state index in [4.69, 9.17) is 4.98 Å². The van der Waals surface area contributed by atoms with Gasteiger partial charge in [-0.3, -0.25) is 4.98 Å². The summed E-state index contributed by atoms with van der Waals surface area (Å²) in [6, 6.07) is 6.03. The maximum absolute atomic E-state index is 4.76. The fraction of sp³-hybridized carbons (Fsp3) is 0.400. The fourth-order valence-corrected chi connectivity index (χ4v) is 2.52. The van der Waals surface area contributed by atoms with E-state index >= 15 is 0 Å². The van der Waals surface area contributed by atoms with E-state index in [0.29, 0.717) is 5.92 Å². The molecule has 1 aliphatic rings. The number of nitrogens with one attached hydrogen (secondary N) is 1. The van der Waals surface area contributed by atoms with E-state index in [-0.39, 0.29) is 0 Å². The molecule has 0 aliphatic carbocycles. The molecule has 2 aromatic rings. The highest BCUT2D eigenvalue weighted by atomic mass is 14.9. The smallest absolute Gasteiger partial charge is 0.132 e. The van der Waals surface area contributed by atoms with Crippen LogP contribution in [0.4, 0.5) is 0 Å². The zero-order chi connectivity index (χ0) is 13.1. The minimum absolute atomic E-state index is 0.488. The molecule has 0 saturated carbocycles. The van der Waals surface area contributed by atoms with Gasteiger partial charge in [0.2, 0.25) is 0 Å². The molecular weight excluding hydrogens is 236 g/mol. The predicted molar refractivity (Wildman–Crippen MR) is 74.8 cm³/mol. The number of rotatable bonds is 2. The highest BCUT2D eigenvalue weighted by Gasteiger charge is 2.18. The van der Waals surface area contributed by atoms with Crippen molar-refractivity contribution < 1.29 is 0 Å². The molecule has 1 aliphatic heterocycles. The molecule has 1 N–H and O–H groups in total. The number of hydrogen-bond donors (Lipinski definition) is 1. The fourth-order valence-electron chi connectivity index (χ4n) is 2.52. The first kappa shape index (κ1) is 12.2. The van der Waals surface area contributed by atoms with Crippen molar-refractivity contribution in [1.29, 1.82) is 0 Å². The summed E-state index contributed by atoms with van der Waals surface area (Å²) < 4.78 is 0. The minimum Gasteiger partial charge on any atom is -0.317 e. The average Bonchev–Trinajstić information content (AvgIpc) is 2.48. The van der Waals surface area contributed by atoms with Crippen LogP contribution in [0.15, 0.2) is 30.6 Å². The summed E-state index contributed by atoms with van der Waals surface area (Å²) >= 11 is 0. The van der Waals surface area contributed by atoms with Gasteiger partial charge in [0.15, 0.2) is 0 Å². The molecule has 2 aromatic heterocycles. The summed E-state index contributed by atoms with van der Waals surface area (Å²) in [6.45, 7) is 4.16. The molecule has 3 rings (SSSR count). The molecule has 0 atom stereocenters. The Labute approximate surface area is 113 Å². The maximum atomic E-state index is 4.76. The molecule has 4 nitrogen and oxygen atoms in total. The summed E-state index contributed by atoms with van der Waals surface area (Å²) in [5.74, 6) is 1.48. The first-order valence-corrected chi connectivity index (χ1v) is 6.79. The first-order valence-electron chi connectivity index (χ1n) is 6.79. The molecule has 1 fully saturated rings. The standard InChI is InChI=1S/C15H18N4/c1-11-10-14(12-2-6-16-7-3-12)19-15(18-11)13-4-8-17-9-5-13/h2-3,6-7,10,13,17H,4-5,8-9H2,1H3. The Morgan fingerprint density at radius 2 is 1.84 bits per heavy atom. The third kappa shape index (κ3) is 2.79. The zero-order valence-electron chi connectivity index (χ0n) is 11.1. The van der Waals surface area contributed by atoms with E-state index in [1.807, 2.05) is 25.1 Å². The Morgan fingerprint density at radius 3 is 2.58 bits per heavy atom. The highest BCUT2D eigenvalue weighted by Crippen LogP contribution is 2.25. The van der Waals surface area contributed by atoms with Crippen LogP contribution >= 0.6 is 0 Å². The van der Waals surface area contributed by atoms with Gasteiger partial charge in [-0.1, -0.05) is 0 Å². The summed E-state index contributed by atoms with van der Waals surface area (Å²) in [4.78, 5) is 13.4. The van der Waals surface area contributed by atoms with E-state index in [2.05, 4.69) is 15.3 Å². The Morgan fingerprint density at radius 1 is 1.11 bits per heavy atom. The van der Waals surface area contributed by atoms with Crippen molar-refractivity contribution in [2.75, 3.05) is 13.1 Å². The van der Waals surface area contributed by atoms with Gasteiger partial charge in [0.05, 0.1) is 5.69 Å². The molecule has 3 heterocycles. The van der Waals surface area contributed by atoms with Crippen LogP contribution < -0.4 is 5.32 Å². The van der Waals surface area contributed by atoms with Gasteiger partial charge in [-0.25, -0.2) is 9.97 Å². The van der Waals surface area contributed by atoms with Crippen molar-refractivity contribution in [3.8, 4) is 11.3 Å². The number of hydrogen-bond acceptors (Lipinski definition) is 4. The SMILES string of the molecule is Cc1cc(-c2ccncc2)nc(C2CCNCC2)n1. The largest absolute Gasteiger partial charge is 0.317 e. The number of aromatic nitrogens is 3. The lowest BCUT2D eigenvalue weighted by molar-refractivity contribution is 0.444. The third-order valence-electron chi connectivity index (χ3n) is 3.55. The second kappa shape index (κ2) is 5.45. The van der Waals surface area contributed by atoms with Crippen molar-refractivity contribution in [3.05, 3.63) is 42.1 Å². The van der Waals surface area contributed by atoms with Gasteiger partial charge in [-0.05, 0) is 51.1 Å². The van der Waals surface area contributed by atoms with Gasteiger partial charge in [0.1, 0.15) is 5.82 Å². The van der Waals surface area contributed by atoms with Crippen molar-refractivity contribution in [2.45, 2.75) is 25.7 Å². The lowest BCUT2D eigenvalue weighted by Gasteiger charge is -2.22.